The summed E-state index contributed by atoms with van der Waals surface area (Å²) in [6, 6.07) is 7.77. The van der Waals surface area contributed by atoms with Gasteiger partial charge >= 0.3 is 0 Å². The molecule has 0 unspecified atom stereocenters. The van der Waals surface area contributed by atoms with Crippen LogP contribution in [0.2, 0.25) is 0 Å². The number of carbonyl (C=O) groups is 1. The molecule has 17 heavy (non-hydrogen) atoms. The van der Waals surface area contributed by atoms with E-state index in [4.69, 9.17) is 5.73 Å². The number of nitrogens with zero attached hydrogens (tertiary/aromatic N) is 1. The Kier molecular flexibility index (Phi) is 3.76. The normalized spacial score (nSPS) is 19.6. The number of nitrogens with two attached hydrogens (primary N) is 1. The summed E-state index contributed by atoms with van der Waals surface area (Å²) in [6.07, 6.45) is 0.744. The molecule has 0 saturated carbocycles. The lowest BCUT2D eigenvalue weighted by atomic mass is 10.1. The predicted octanol–water partition coefficient (Wildman–Crippen LogP) is 0.281. The average Bonchev–Trinajstić information content (AvgIpc) is 2.77. The molecule has 1 aromatic carbocycles. The average molecular weight is 234 g/mol. The van der Waals surface area contributed by atoms with Gasteiger partial charge in [0, 0.05) is 19.6 Å². The fourth-order valence-electron chi connectivity index (χ4n) is 2.05. The van der Waals surface area contributed by atoms with Crippen molar-refractivity contribution < 1.29 is 9.90 Å². The molecule has 4 heteroatoms. The molecule has 0 aliphatic carbocycles. The number of likely N-dealkylation sites (tertiary alicyclic amines) is 1. The van der Waals surface area contributed by atoms with Crippen LogP contribution in [-0.4, -0.2) is 35.1 Å². The molecule has 1 aromatic rings. The maximum Gasteiger partial charge on any atom is 0.227 e. The second-order valence-electron chi connectivity index (χ2n) is 4.48. The minimum Gasteiger partial charge on any atom is -0.391 e. The molecule has 2 rings (SSSR count). The van der Waals surface area contributed by atoms with Crippen LogP contribution in [0.1, 0.15) is 17.5 Å². The van der Waals surface area contributed by atoms with E-state index in [1.54, 1.807) is 4.90 Å². The minimum absolute atomic E-state index is 0.0852. The molecular formula is C13H18N2O2. The SMILES string of the molecule is NCc1ccc(CC(=O)N2CC[C@H](O)C2)cc1. The summed E-state index contributed by atoms with van der Waals surface area (Å²) < 4.78 is 0. The largest absolute Gasteiger partial charge is 0.391 e. The van der Waals surface area contributed by atoms with E-state index >= 15 is 0 Å². The predicted molar refractivity (Wildman–Crippen MR) is 65.2 cm³/mol. The van der Waals surface area contributed by atoms with E-state index in [1.807, 2.05) is 24.3 Å². The van der Waals surface area contributed by atoms with Gasteiger partial charge in [-0.3, -0.25) is 4.79 Å². The maximum atomic E-state index is 11.9. The van der Waals surface area contributed by atoms with E-state index in [0.717, 1.165) is 11.1 Å². The fraction of sp³-hybridized carbons (Fsp3) is 0.462. The molecule has 1 aliphatic rings. The lowest BCUT2D eigenvalue weighted by molar-refractivity contribution is -0.129. The van der Waals surface area contributed by atoms with E-state index < -0.39 is 0 Å². The van der Waals surface area contributed by atoms with E-state index in [1.165, 1.54) is 0 Å². The molecule has 92 valence electrons. The number of carbonyl (C=O) groups excluding carboxylic acids is 1. The number of β-amino-alcohol motifs (C(OH)–C–C–N with tert-alkyl or cyclic N) is 1. The van der Waals surface area contributed by atoms with Crippen LogP contribution in [0.5, 0.6) is 0 Å². The van der Waals surface area contributed by atoms with Crippen molar-refractivity contribution in [3.8, 4) is 0 Å². The van der Waals surface area contributed by atoms with Gasteiger partial charge in [-0.1, -0.05) is 24.3 Å². The monoisotopic (exact) mass is 234 g/mol. The Labute approximate surface area is 101 Å². The Morgan fingerprint density at radius 2 is 2.00 bits per heavy atom. The molecule has 0 bridgehead atoms. The Hall–Kier alpha value is -1.39. The highest BCUT2D eigenvalue weighted by Gasteiger charge is 2.24. The molecule has 1 atom stereocenters. The van der Waals surface area contributed by atoms with Gasteiger partial charge in [0.25, 0.3) is 0 Å². The molecule has 0 aromatic heterocycles. The van der Waals surface area contributed by atoms with E-state index in [2.05, 4.69) is 0 Å². The summed E-state index contributed by atoms with van der Waals surface area (Å²) in [5, 5.41) is 9.38. The zero-order valence-electron chi connectivity index (χ0n) is 9.80. The summed E-state index contributed by atoms with van der Waals surface area (Å²) in [5.74, 6) is 0.0852. The fourth-order valence-corrected chi connectivity index (χ4v) is 2.05. The Morgan fingerprint density at radius 3 is 2.53 bits per heavy atom. The molecule has 1 aliphatic heterocycles. The molecule has 1 fully saturated rings. The highest BCUT2D eigenvalue weighted by atomic mass is 16.3. The zero-order chi connectivity index (χ0) is 12.3. The second-order valence-corrected chi connectivity index (χ2v) is 4.48. The summed E-state index contributed by atoms with van der Waals surface area (Å²) in [6.45, 7) is 1.66. The van der Waals surface area contributed by atoms with Gasteiger partial charge < -0.3 is 15.7 Å². The van der Waals surface area contributed by atoms with Crippen LogP contribution in [0.3, 0.4) is 0 Å². The molecule has 0 spiro atoms. The van der Waals surface area contributed by atoms with Crippen LogP contribution >= 0.6 is 0 Å². The third-order valence-corrected chi connectivity index (χ3v) is 3.13. The van der Waals surface area contributed by atoms with Crippen molar-refractivity contribution in [2.45, 2.75) is 25.5 Å². The van der Waals surface area contributed by atoms with Gasteiger partial charge in [-0.05, 0) is 17.5 Å². The van der Waals surface area contributed by atoms with E-state index in [-0.39, 0.29) is 12.0 Å². The first-order valence-corrected chi connectivity index (χ1v) is 5.93. The number of rotatable bonds is 3. The molecular weight excluding hydrogens is 216 g/mol. The topological polar surface area (TPSA) is 66.6 Å². The van der Waals surface area contributed by atoms with Crippen LogP contribution in [0.4, 0.5) is 0 Å². The minimum atomic E-state index is -0.349. The number of aliphatic hydroxyl groups excluding tert-OH is 1. The Morgan fingerprint density at radius 1 is 1.35 bits per heavy atom. The third-order valence-electron chi connectivity index (χ3n) is 3.13. The highest BCUT2D eigenvalue weighted by Crippen LogP contribution is 2.12. The van der Waals surface area contributed by atoms with Crippen molar-refractivity contribution in [2.24, 2.45) is 5.73 Å². The number of benzene rings is 1. The smallest absolute Gasteiger partial charge is 0.227 e. The van der Waals surface area contributed by atoms with Gasteiger partial charge in [0.2, 0.25) is 5.91 Å². The number of amides is 1. The number of aliphatic hydroxyl groups is 1. The first kappa shape index (κ1) is 12.1. The van der Waals surface area contributed by atoms with Crippen molar-refractivity contribution >= 4 is 5.91 Å². The first-order valence-electron chi connectivity index (χ1n) is 5.93. The molecule has 1 amide bonds. The summed E-state index contributed by atoms with van der Waals surface area (Å²) >= 11 is 0. The van der Waals surface area contributed by atoms with Crippen LogP contribution in [-0.2, 0) is 17.8 Å². The van der Waals surface area contributed by atoms with Crippen molar-refractivity contribution in [3.63, 3.8) is 0 Å². The molecule has 4 nitrogen and oxygen atoms in total. The highest BCUT2D eigenvalue weighted by molar-refractivity contribution is 5.79. The lowest BCUT2D eigenvalue weighted by Crippen LogP contribution is -2.30. The third kappa shape index (κ3) is 3.05. The van der Waals surface area contributed by atoms with Crippen LogP contribution in [0, 0.1) is 0 Å². The van der Waals surface area contributed by atoms with Gasteiger partial charge in [-0.15, -0.1) is 0 Å². The second kappa shape index (κ2) is 5.29. The van der Waals surface area contributed by atoms with Crippen LogP contribution < -0.4 is 5.73 Å². The van der Waals surface area contributed by atoms with E-state index in [9.17, 15) is 9.90 Å². The van der Waals surface area contributed by atoms with E-state index in [0.29, 0.717) is 32.5 Å². The number of hydrogen-bond acceptors (Lipinski definition) is 3. The molecule has 1 heterocycles. The lowest BCUT2D eigenvalue weighted by Gasteiger charge is -2.15. The first-order chi connectivity index (χ1) is 8.19. The van der Waals surface area contributed by atoms with Crippen molar-refractivity contribution in [1.29, 1.82) is 0 Å². The zero-order valence-corrected chi connectivity index (χ0v) is 9.80. The van der Waals surface area contributed by atoms with Gasteiger partial charge in [0.05, 0.1) is 12.5 Å². The number of hydrogen-bond donors (Lipinski definition) is 2. The molecule has 3 N–H and O–H groups in total. The molecule has 0 radical (unpaired) electrons. The standard InChI is InChI=1S/C13H18N2O2/c14-8-11-3-1-10(2-4-11)7-13(17)15-6-5-12(16)9-15/h1-4,12,16H,5-9,14H2/t12-/m0/s1. The van der Waals surface area contributed by atoms with Crippen LogP contribution in [0.15, 0.2) is 24.3 Å². The van der Waals surface area contributed by atoms with Crippen LogP contribution in [0.25, 0.3) is 0 Å². The van der Waals surface area contributed by atoms with Gasteiger partial charge in [0.1, 0.15) is 0 Å². The summed E-state index contributed by atoms with van der Waals surface area (Å²) in [5.41, 5.74) is 7.57. The summed E-state index contributed by atoms with van der Waals surface area (Å²) in [4.78, 5) is 13.6. The molecule has 1 saturated heterocycles. The van der Waals surface area contributed by atoms with Crippen molar-refractivity contribution in [2.75, 3.05) is 13.1 Å². The van der Waals surface area contributed by atoms with Crippen molar-refractivity contribution in [1.82, 2.24) is 4.90 Å². The quantitative estimate of drug-likeness (QED) is 0.789. The Balaban J connectivity index is 1.93. The Bertz CT molecular complexity index is 389. The van der Waals surface area contributed by atoms with Gasteiger partial charge in [-0.2, -0.15) is 0 Å². The van der Waals surface area contributed by atoms with Gasteiger partial charge in [-0.25, -0.2) is 0 Å². The summed E-state index contributed by atoms with van der Waals surface area (Å²) in [7, 11) is 0. The maximum absolute atomic E-state index is 11.9. The van der Waals surface area contributed by atoms with Gasteiger partial charge in [0.15, 0.2) is 0 Å². The van der Waals surface area contributed by atoms with Crippen molar-refractivity contribution in [3.05, 3.63) is 35.4 Å².